The van der Waals surface area contributed by atoms with Crippen LogP contribution in [0.2, 0.25) is 0 Å². The average molecular weight is 276 g/mol. The third-order valence-electron chi connectivity index (χ3n) is 2.48. The van der Waals surface area contributed by atoms with Crippen LogP contribution in [-0.4, -0.2) is 26.7 Å². The minimum absolute atomic E-state index is 0.462. The zero-order valence-electron chi connectivity index (χ0n) is 10.3. The van der Waals surface area contributed by atoms with Gasteiger partial charge in [-0.15, -0.1) is 11.3 Å². The standard InChI is InChI=1S/C11H12N6OS/c1-2-12-11-15-9(7-3-4-19-10(7)16-11)13-5-8-14-6-18-17-8/h3-4,6H,2,5H2,1H3,(H2,12,13,15,16). The van der Waals surface area contributed by atoms with Crippen LogP contribution in [0.5, 0.6) is 0 Å². The van der Waals surface area contributed by atoms with E-state index in [1.54, 1.807) is 11.3 Å². The van der Waals surface area contributed by atoms with Crippen molar-refractivity contribution in [2.45, 2.75) is 13.5 Å². The lowest BCUT2D eigenvalue weighted by Crippen LogP contribution is -2.07. The van der Waals surface area contributed by atoms with E-state index in [9.17, 15) is 0 Å². The van der Waals surface area contributed by atoms with Crippen LogP contribution in [0, 0.1) is 0 Å². The highest BCUT2D eigenvalue weighted by atomic mass is 32.1. The highest BCUT2D eigenvalue weighted by molar-refractivity contribution is 7.16. The summed E-state index contributed by atoms with van der Waals surface area (Å²) < 4.78 is 4.69. The fourth-order valence-electron chi connectivity index (χ4n) is 1.66. The minimum atomic E-state index is 0.462. The fraction of sp³-hybridized carbons (Fsp3) is 0.273. The van der Waals surface area contributed by atoms with Crippen LogP contribution in [-0.2, 0) is 6.54 Å². The van der Waals surface area contributed by atoms with Crippen molar-refractivity contribution in [3.8, 4) is 0 Å². The first-order valence-corrected chi connectivity index (χ1v) is 6.73. The van der Waals surface area contributed by atoms with Crippen molar-refractivity contribution < 1.29 is 4.52 Å². The average Bonchev–Trinajstić information content (AvgIpc) is 3.07. The number of nitrogens with zero attached hydrogens (tertiary/aromatic N) is 4. The van der Waals surface area contributed by atoms with Gasteiger partial charge in [0.15, 0.2) is 5.82 Å². The van der Waals surface area contributed by atoms with Crippen molar-refractivity contribution in [3.05, 3.63) is 23.7 Å². The van der Waals surface area contributed by atoms with E-state index in [0.29, 0.717) is 18.3 Å². The Bertz CT molecular complexity index is 665. The van der Waals surface area contributed by atoms with Gasteiger partial charge in [-0.2, -0.15) is 9.97 Å². The van der Waals surface area contributed by atoms with Crippen LogP contribution in [0.3, 0.4) is 0 Å². The molecule has 3 aromatic heterocycles. The van der Waals surface area contributed by atoms with Gasteiger partial charge in [-0.1, -0.05) is 5.16 Å². The fourth-order valence-corrected chi connectivity index (χ4v) is 2.42. The van der Waals surface area contributed by atoms with Gasteiger partial charge >= 0.3 is 0 Å². The van der Waals surface area contributed by atoms with Gasteiger partial charge in [0.05, 0.1) is 11.9 Å². The van der Waals surface area contributed by atoms with Gasteiger partial charge in [0.1, 0.15) is 10.6 Å². The van der Waals surface area contributed by atoms with Crippen LogP contribution in [0.25, 0.3) is 10.2 Å². The molecule has 98 valence electrons. The van der Waals surface area contributed by atoms with Gasteiger partial charge in [0.2, 0.25) is 12.3 Å². The Balaban J connectivity index is 1.89. The lowest BCUT2D eigenvalue weighted by Gasteiger charge is -2.07. The Morgan fingerprint density at radius 1 is 1.32 bits per heavy atom. The van der Waals surface area contributed by atoms with E-state index in [0.717, 1.165) is 22.6 Å². The first-order valence-electron chi connectivity index (χ1n) is 5.85. The highest BCUT2D eigenvalue weighted by Gasteiger charge is 2.09. The van der Waals surface area contributed by atoms with E-state index in [1.165, 1.54) is 6.39 Å². The van der Waals surface area contributed by atoms with Crippen molar-refractivity contribution in [3.63, 3.8) is 0 Å². The van der Waals surface area contributed by atoms with E-state index >= 15 is 0 Å². The van der Waals surface area contributed by atoms with E-state index < -0.39 is 0 Å². The molecule has 0 aliphatic heterocycles. The van der Waals surface area contributed by atoms with Gasteiger partial charge in [0, 0.05) is 6.54 Å². The predicted molar refractivity (Wildman–Crippen MR) is 73.2 cm³/mol. The summed E-state index contributed by atoms with van der Waals surface area (Å²) >= 11 is 1.58. The maximum Gasteiger partial charge on any atom is 0.226 e. The smallest absolute Gasteiger partial charge is 0.226 e. The zero-order valence-corrected chi connectivity index (χ0v) is 11.1. The molecule has 0 bridgehead atoms. The molecule has 0 spiro atoms. The molecule has 3 heterocycles. The molecule has 2 N–H and O–H groups in total. The maximum absolute atomic E-state index is 4.69. The molecule has 19 heavy (non-hydrogen) atoms. The van der Waals surface area contributed by atoms with Gasteiger partial charge < -0.3 is 15.2 Å². The van der Waals surface area contributed by atoms with Crippen LogP contribution >= 0.6 is 11.3 Å². The second-order valence-electron chi connectivity index (χ2n) is 3.77. The monoisotopic (exact) mass is 276 g/mol. The molecular formula is C11H12N6OS. The first kappa shape index (κ1) is 11.8. The van der Waals surface area contributed by atoms with E-state index in [-0.39, 0.29) is 0 Å². The maximum atomic E-state index is 4.69. The van der Waals surface area contributed by atoms with Crippen LogP contribution in [0.4, 0.5) is 11.8 Å². The molecule has 0 radical (unpaired) electrons. The Labute approximate surface area is 113 Å². The zero-order chi connectivity index (χ0) is 13.1. The Hall–Kier alpha value is -2.22. The van der Waals surface area contributed by atoms with E-state index in [4.69, 9.17) is 4.52 Å². The van der Waals surface area contributed by atoms with Crippen molar-refractivity contribution in [1.82, 2.24) is 20.1 Å². The van der Waals surface area contributed by atoms with E-state index in [1.807, 2.05) is 18.4 Å². The largest absolute Gasteiger partial charge is 0.362 e. The molecule has 7 nitrogen and oxygen atoms in total. The van der Waals surface area contributed by atoms with Gasteiger partial charge in [0.25, 0.3) is 0 Å². The molecule has 0 amide bonds. The van der Waals surface area contributed by atoms with Crippen molar-refractivity contribution in [2.24, 2.45) is 0 Å². The second kappa shape index (κ2) is 5.19. The summed E-state index contributed by atoms with van der Waals surface area (Å²) in [4.78, 5) is 13.8. The number of anilines is 2. The first-order chi connectivity index (χ1) is 9.36. The number of nitrogens with one attached hydrogen (secondary N) is 2. The number of aromatic nitrogens is 4. The number of rotatable bonds is 5. The van der Waals surface area contributed by atoms with Crippen LogP contribution < -0.4 is 10.6 Å². The number of hydrogen-bond acceptors (Lipinski definition) is 8. The normalized spacial score (nSPS) is 10.8. The topological polar surface area (TPSA) is 88.8 Å². The van der Waals surface area contributed by atoms with Crippen LogP contribution in [0.1, 0.15) is 12.7 Å². The SMILES string of the molecule is CCNc1nc(NCc2ncon2)c2ccsc2n1. The minimum Gasteiger partial charge on any atom is -0.362 e. The molecule has 0 saturated heterocycles. The Morgan fingerprint density at radius 3 is 3.05 bits per heavy atom. The van der Waals surface area contributed by atoms with Crippen molar-refractivity contribution in [1.29, 1.82) is 0 Å². The number of hydrogen-bond donors (Lipinski definition) is 2. The quantitative estimate of drug-likeness (QED) is 0.737. The van der Waals surface area contributed by atoms with E-state index in [2.05, 4.69) is 30.7 Å². The molecule has 0 atom stereocenters. The molecule has 0 fully saturated rings. The third kappa shape index (κ3) is 2.48. The molecule has 3 aromatic rings. The molecule has 0 aliphatic rings. The number of thiophene rings is 1. The lowest BCUT2D eigenvalue weighted by atomic mass is 10.4. The van der Waals surface area contributed by atoms with Gasteiger partial charge in [-0.05, 0) is 18.4 Å². The second-order valence-corrected chi connectivity index (χ2v) is 4.66. The summed E-state index contributed by atoms with van der Waals surface area (Å²) in [5.41, 5.74) is 0. The molecule has 0 aliphatic carbocycles. The summed E-state index contributed by atoms with van der Waals surface area (Å²) in [5.74, 6) is 1.98. The summed E-state index contributed by atoms with van der Waals surface area (Å²) in [6, 6.07) is 1.99. The third-order valence-corrected chi connectivity index (χ3v) is 3.29. The lowest BCUT2D eigenvalue weighted by molar-refractivity contribution is 0.411. The molecular weight excluding hydrogens is 264 g/mol. The molecule has 0 saturated carbocycles. The van der Waals surface area contributed by atoms with Gasteiger partial charge in [-0.3, -0.25) is 0 Å². The van der Waals surface area contributed by atoms with Crippen LogP contribution in [0.15, 0.2) is 22.4 Å². The Morgan fingerprint density at radius 2 is 2.26 bits per heavy atom. The number of fused-ring (bicyclic) bond motifs is 1. The van der Waals surface area contributed by atoms with Crippen molar-refractivity contribution >= 4 is 33.3 Å². The summed E-state index contributed by atoms with van der Waals surface area (Å²) in [6.45, 7) is 3.25. The summed E-state index contributed by atoms with van der Waals surface area (Å²) in [5, 5.41) is 13.1. The molecule has 0 unspecified atom stereocenters. The van der Waals surface area contributed by atoms with Gasteiger partial charge in [-0.25, -0.2) is 4.98 Å². The summed E-state index contributed by atoms with van der Waals surface area (Å²) in [6.07, 6.45) is 1.31. The molecule has 0 aromatic carbocycles. The Kier molecular flexibility index (Phi) is 3.23. The van der Waals surface area contributed by atoms with Crippen molar-refractivity contribution in [2.75, 3.05) is 17.2 Å². The molecule has 8 heteroatoms. The summed E-state index contributed by atoms with van der Waals surface area (Å²) in [7, 11) is 0. The highest BCUT2D eigenvalue weighted by Crippen LogP contribution is 2.26. The predicted octanol–water partition coefficient (Wildman–Crippen LogP) is 2.12. The molecule has 3 rings (SSSR count).